The Morgan fingerprint density at radius 2 is 2.30 bits per heavy atom. The Labute approximate surface area is 124 Å². The predicted octanol–water partition coefficient (Wildman–Crippen LogP) is 2.53. The maximum absolute atomic E-state index is 4.34. The van der Waals surface area contributed by atoms with Crippen LogP contribution < -0.4 is 5.32 Å². The third-order valence-electron chi connectivity index (χ3n) is 3.86. The first kappa shape index (κ1) is 13.8. The molecule has 20 heavy (non-hydrogen) atoms. The Bertz CT molecular complexity index is 512. The standard InChI is InChI=1S/C15H22N4S/c1-12-9-17-15(18-12)10-16-13-4-6-19(7-5-13)11-14-3-2-8-20-14/h2-3,8-9,13,16H,4-7,10-11H2,1H3,(H,17,18). The van der Waals surface area contributed by atoms with Crippen molar-refractivity contribution in [1.29, 1.82) is 0 Å². The average Bonchev–Trinajstić information content (AvgIpc) is 3.10. The fourth-order valence-electron chi connectivity index (χ4n) is 2.72. The second-order valence-electron chi connectivity index (χ2n) is 5.52. The summed E-state index contributed by atoms with van der Waals surface area (Å²) in [4.78, 5) is 11.6. The van der Waals surface area contributed by atoms with Gasteiger partial charge < -0.3 is 10.3 Å². The highest BCUT2D eigenvalue weighted by Crippen LogP contribution is 2.17. The molecule has 0 spiro atoms. The molecule has 3 rings (SSSR count). The molecule has 2 aromatic heterocycles. The molecule has 2 N–H and O–H groups in total. The second-order valence-corrected chi connectivity index (χ2v) is 6.56. The Hall–Kier alpha value is -1.17. The Morgan fingerprint density at radius 3 is 2.95 bits per heavy atom. The highest BCUT2D eigenvalue weighted by atomic mass is 32.1. The van der Waals surface area contributed by atoms with Crippen molar-refractivity contribution >= 4 is 11.3 Å². The molecule has 0 unspecified atom stereocenters. The van der Waals surface area contributed by atoms with Crippen molar-refractivity contribution < 1.29 is 0 Å². The molecule has 0 aromatic carbocycles. The van der Waals surface area contributed by atoms with Gasteiger partial charge in [-0.15, -0.1) is 11.3 Å². The number of rotatable bonds is 5. The van der Waals surface area contributed by atoms with Crippen molar-refractivity contribution in [3.63, 3.8) is 0 Å². The highest BCUT2D eigenvalue weighted by Gasteiger charge is 2.19. The fraction of sp³-hybridized carbons (Fsp3) is 0.533. The first-order chi connectivity index (χ1) is 9.79. The molecule has 0 aliphatic carbocycles. The third kappa shape index (κ3) is 3.69. The van der Waals surface area contributed by atoms with Crippen LogP contribution in [0.1, 0.15) is 29.2 Å². The Balaban J connectivity index is 1.40. The van der Waals surface area contributed by atoms with Gasteiger partial charge in [-0.2, -0.15) is 0 Å². The third-order valence-corrected chi connectivity index (χ3v) is 4.72. The van der Waals surface area contributed by atoms with Gasteiger partial charge in [0.25, 0.3) is 0 Å². The number of imidazole rings is 1. The summed E-state index contributed by atoms with van der Waals surface area (Å²) in [6.45, 7) is 6.38. The first-order valence-electron chi connectivity index (χ1n) is 7.28. The lowest BCUT2D eigenvalue weighted by atomic mass is 10.1. The van der Waals surface area contributed by atoms with Gasteiger partial charge in [0.05, 0.1) is 6.54 Å². The van der Waals surface area contributed by atoms with Gasteiger partial charge in [-0.05, 0) is 44.3 Å². The van der Waals surface area contributed by atoms with Crippen LogP contribution >= 0.6 is 11.3 Å². The first-order valence-corrected chi connectivity index (χ1v) is 8.16. The van der Waals surface area contributed by atoms with Crippen LogP contribution in [-0.4, -0.2) is 34.0 Å². The molecular weight excluding hydrogens is 268 g/mol. The molecule has 0 radical (unpaired) electrons. The molecule has 0 bridgehead atoms. The van der Waals surface area contributed by atoms with Crippen LogP contribution in [0.4, 0.5) is 0 Å². The zero-order chi connectivity index (χ0) is 13.8. The summed E-state index contributed by atoms with van der Waals surface area (Å²) in [5.74, 6) is 1.04. The van der Waals surface area contributed by atoms with Crippen LogP contribution in [0.3, 0.4) is 0 Å². The molecule has 0 saturated carbocycles. The summed E-state index contributed by atoms with van der Waals surface area (Å²) >= 11 is 1.86. The van der Waals surface area contributed by atoms with E-state index in [0.717, 1.165) is 24.6 Å². The number of nitrogens with one attached hydrogen (secondary N) is 2. The predicted molar refractivity (Wildman–Crippen MR) is 82.8 cm³/mol. The highest BCUT2D eigenvalue weighted by molar-refractivity contribution is 7.09. The minimum atomic E-state index is 0.625. The van der Waals surface area contributed by atoms with Crippen LogP contribution in [0, 0.1) is 6.92 Å². The molecule has 1 aliphatic heterocycles. The van der Waals surface area contributed by atoms with Crippen molar-refractivity contribution in [1.82, 2.24) is 20.2 Å². The number of hydrogen-bond donors (Lipinski definition) is 2. The summed E-state index contributed by atoms with van der Waals surface area (Å²) in [5.41, 5.74) is 1.13. The molecule has 3 heterocycles. The van der Waals surface area contributed by atoms with Gasteiger partial charge in [-0.3, -0.25) is 4.90 Å². The van der Waals surface area contributed by atoms with Gasteiger partial charge >= 0.3 is 0 Å². The number of piperidine rings is 1. The Morgan fingerprint density at radius 1 is 1.45 bits per heavy atom. The van der Waals surface area contributed by atoms with E-state index in [1.807, 2.05) is 24.5 Å². The van der Waals surface area contributed by atoms with Gasteiger partial charge in [-0.25, -0.2) is 4.98 Å². The van der Waals surface area contributed by atoms with E-state index in [9.17, 15) is 0 Å². The maximum atomic E-state index is 4.34. The van der Waals surface area contributed by atoms with E-state index in [0.29, 0.717) is 6.04 Å². The molecule has 4 nitrogen and oxygen atoms in total. The van der Waals surface area contributed by atoms with Crippen LogP contribution in [0.5, 0.6) is 0 Å². The van der Waals surface area contributed by atoms with Crippen molar-refractivity contribution in [2.75, 3.05) is 13.1 Å². The lowest BCUT2D eigenvalue weighted by molar-refractivity contribution is 0.191. The lowest BCUT2D eigenvalue weighted by Crippen LogP contribution is -2.41. The zero-order valence-electron chi connectivity index (χ0n) is 11.9. The normalized spacial score (nSPS) is 17.6. The lowest BCUT2D eigenvalue weighted by Gasteiger charge is -2.32. The number of hydrogen-bond acceptors (Lipinski definition) is 4. The van der Waals surface area contributed by atoms with Gasteiger partial charge in [0.15, 0.2) is 0 Å². The van der Waals surface area contributed by atoms with E-state index in [1.54, 1.807) is 0 Å². The number of aromatic amines is 1. The van der Waals surface area contributed by atoms with E-state index in [1.165, 1.54) is 30.8 Å². The van der Waals surface area contributed by atoms with E-state index < -0.39 is 0 Å². The summed E-state index contributed by atoms with van der Waals surface area (Å²) in [7, 11) is 0. The summed E-state index contributed by atoms with van der Waals surface area (Å²) in [5, 5.41) is 5.77. The number of aromatic nitrogens is 2. The molecule has 1 saturated heterocycles. The van der Waals surface area contributed by atoms with Crippen molar-refractivity contribution in [2.45, 2.75) is 38.9 Å². The largest absolute Gasteiger partial charge is 0.345 e. The second kappa shape index (κ2) is 6.52. The van der Waals surface area contributed by atoms with E-state index >= 15 is 0 Å². The molecule has 1 aliphatic rings. The molecule has 0 amide bonds. The average molecular weight is 290 g/mol. The van der Waals surface area contributed by atoms with E-state index in [2.05, 4.69) is 37.7 Å². The number of aryl methyl sites for hydroxylation is 1. The molecular formula is C15H22N4S. The smallest absolute Gasteiger partial charge is 0.120 e. The van der Waals surface area contributed by atoms with Crippen LogP contribution in [0.25, 0.3) is 0 Å². The molecule has 0 atom stereocenters. The molecule has 2 aromatic rings. The summed E-state index contributed by atoms with van der Waals surface area (Å²) < 4.78 is 0. The Kier molecular flexibility index (Phi) is 4.50. The molecule has 5 heteroatoms. The minimum absolute atomic E-state index is 0.625. The van der Waals surface area contributed by atoms with Gasteiger partial charge in [0, 0.05) is 29.4 Å². The zero-order valence-corrected chi connectivity index (χ0v) is 12.7. The number of thiophene rings is 1. The van der Waals surface area contributed by atoms with Gasteiger partial charge in [-0.1, -0.05) is 6.07 Å². The maximum Gasteiger partial charge on any atom is 0.120 e. The van der Waals surface area contributed by atoms with E-state index in [4.69, 9.17) is 0 Å². The van der Waals surface area contributed by atoms with Crippen LogP contribution in [0.2, 0.25) is 0 Å². The molecule has 108 valence electrons. The van der Waals surface area contributed by atoms with Crippen LogP contribution in [0.15, 0.2) is 23.7 Å². The molecule has 1 fully saturated rings. The van der Waals surface area contributed by atoms with Crippen molar-refractivity contribution in [2.24, 2.45) is 0 Å². The van der Waals surface area contributed by atoms with Gasteiger partial charge in [0.1, 0.15) is 5.82 Å². The summed E-state index contributed by atoms with van der Waals surface area (Å²) in [6.07, 6.45) is 4.34. The van der Waals surface area contributed by atoms with Crippen molar-refractivity contribution in [3.8, 4) is 0 Å². The van der Waals surface area contributed by atoms with Crippen LogP contribution in [-0.2, 0) is 13.1 Å². The number of H-pyrrole nitrogens is 1. The summed E-state index contributed by atoms with van der Waals surface area (Å²) in [6, 6.07) is 4.99. The topological polar surface area (TPSA) is 44.0 Å². The van der Waals surface area contributed by atoms with Gasteiger partial charge in [0.2, 0.25) is 0 Å². The monoisotopic (exact) mass is 290 g/mol. The number of nitrogens with zero attached hydrogens (tertiary/aromatic N) is 2. The minimum Gasteiger partial charge on any atom is -0.345 e. The van der Waals surface area contributed by atoms with E-state index in [-0.39, 0.29) is 0 Å². The fourth-order valence-corrected chi connectivity index (χ4v) is 3.46. The number of likely N-dealkylation sites (tertiary alicyclic amines) is 1. The SMILES string of the molecule is Cc1cnc(CNC2CCN(Cc3cccs3)CC2)[nH]1. The quantitative estimate of drug-likeness (QED) is 0.889. The van der Waals surface area contributed by atoms with Crippen molar-refractivity contribution in [3.05, 3.63) is 40.1 Å².